The summed E-state index contributed by atoms with van der Waals surface area (Å²) in [7, 11) is 0. The Labute approximate surface area is 190 Å². The van der Waals surface area contributed by atoms with Crippen molar-refractivity contribution in [3.63, 3.8) is 0 Å². The van der Waals surface area contributed by atoms with Crippen LogP contribution in [0.25, 0.3) is 0 Å². The normalized spacial score (nSPS) is 14.1. The Balaban J connectivity index is 1.86. The molecule has 0 fully saturated rings. The van der Waals surface area contributed by atoms with Gasteiger partial charge in [0, 0.05) is 66.6 Å². The monoisotopic (exact) mass is 429 g/mol. The molecule has 5 nitrogen and oxygen atoms in total. The maximum atomic E-state index is 12.9. The predicted octanol–water partition coefficient (Wildman–Crippen LogP) is 5.24. The second-order valence-corrected chi connectivity index (χ2v) is 7.93. The second kappa shape index (κ2) is 9.03. The van der Waals surface area contributed by atoms with Crippen molar-refractivity contribution in [3.05, 3.63) is 89.2 Å². The lowest BCUT2D eigenvalue weighted by atomic mass is 9.80. The van der Waals surface area contributed by atoms with Gasteiger partial charge in [-0.25, -0.2) is 4.79 Å². The predicted molar refractivity (Wildman–Crippen MR) is 130 cm³/mol. The molecule has 0 saturated carbocycles. The number of pyridine rings is 1. The van der Waals surface area contributed by atoms with Gasteiger partial charge in [-0.3, -0.25) is 4.98 Å². The summed E-state index contributed by atoms with van der Waals surface area (Å²) >= 11 is 0. The summed E-state index contributed by atoms with van der Waals surface area (Å²) in [6, 6.07) is 18.7. The van der Waals surface area contributed by atoms with Crippen LogP contribution in [0.15, 0.2) is 67.0 Å². The summed E-state index contributed by atoms with van der Waals surface area (Å²) in [5, 5.41) is 0. The minimum Gasteiger partial charge on any atom is -0.441 e. The van der Waals surface area contributed by atoms with Gasteiger partial charge in [0.25, 0.3) is 0 Å². The van der Waals surface area contributed by atoms with Crippen LogP contribution in [-0.2, 0) is 10.3 Å². The molecule has 5 heteroatoms. The molecule has 2 heterocycles. The summed E-state index contributed by atoms with van der Waals surface area (Å²) in [4.78, 5) is 21.6. The van der Waals surface area contributed by atoms with E-state index in [4.69, 9.17) is 4.74 Å². The third-order valence-corrected chi connectivity index (χ3v) is 6.47. The first kappa shape index (κ1) is 21.9. The smallest absolute Gasteiger partial charge is 0.341 e. The fourth-order valence-corrected chi connectivity index (χ4v) is 4.70. The molecule has 3 aromatic rings. The largest absolute Gasteiger partial charge is 0.441 e. The van der Waals surface area contributed by atoms with Crippen molar-refractivity contribution in [1.29, 1.82) is 0 Å². The van der Waals surface area contributed by atoms with Gasteiger partial charge in [-0.05, 0) is 58.0 Å². The van der Waals surface area contributed by atoms with Gasteiger partial charge in [-0.1, -0.05) is 24.3 Å². The fourth-order valence-electron chi connectivity index (χ4n) is 4.70. The molecule has 0 bridgehead atoms. The number of carbonyl (C=O) groups is 1. The zero-order valence-electron chi connectivity index (χ0n) is 19.3. The summed E-state index contributed by atoms with van der Waals surface area (Å²) in [6.45, 7) is 12.4. The molecule has 0 amide bonds. The van der Waals surface area contributed by atoms with Crippen molar-refractivity contribution in [2.24, 2.45) is 0 Å². The second-order valence-electron chi connectivity index (χ2n) is 7.93. The standard InChI is InChI=1S/C27H31N3O2/c1-5-29(6-2)22-13-9-20(10-14-22)27(25-17-18-28-19-24(25)26(31)32-27)21-11-15-23(16-12-21)30(7-3)8-4/h9-19H,5-8H2,1-4H3. The lowest BCUT2D eigenvalue weighted by Crippen LogP contribution is -2.30. The number of ether oxygens (including phenoxy) is 1. The molecule has 0 aliphatic carbocycles. The molecule has 0 saturated heterocycles. The molecular formula is C27H31N3O2. The van der Waals surface area contributed by atoms with Gasteiger partial charge in [-0.15, -0.1) is 0 Å². The number of carbonyl (C=O) groups excluding carboxylic acids is 1. The molecule has 0 spiro atoms. The van der Waals surface area contributed by atoms with Crippen molar-refractivity contribution < 1.29 is 9.53 Å². The molecule has 4 rings (SSSR count). The Kier molecular flexibility index (Phi) is 6.17. The number of benzene rings is 2. The molecular weight excluding hydrogens is 398 g/mol. The number of anilines is 2. The Morgan fingerprint density at radius 2 is 1.22 bits per heavy atom. The highest BCUT2D eigenvalue weighted by atomic mass is 16.6. The summed E-state index contributed by atoms with van der Waals surface area (Å²) < 4.78 is 6.19. The summed E-state index contributed by atoms with van der Waals surface area (Å²) in [6.07, 6.45) is 3.33. The molecule has 1 aliphatic rings. The van der Waals surface area contributed by atoms with Crippen LogP contribution in [0, 0.1) is 0 Å². The molecule has 0 atom stereocenters. The van der Waals surface area contributed by atoms with Gasteiger partial charge in [-0.2, -0.15) is 0 Å². The maximum Gasteiger partial charge on any atom is 0.341 e. The van der Waals surface area contributed by atoms with Crippen molar-refractivity contribution in [2.75, 3.05) is 36.0 Å². The van der Waals surface area contributed by atoms with Crippen LogP contribution in [-0.4, -0.2) is 37.1 Å². The van der Waals surface area contributed by atoms with Crippen LogP contribution in [0.3, 0.4) is 0 Å². The quantitative estimate of drug-likeness (QED) is 0.459. The van der Waals surface area contributed by atoms with Gasteiger partial charge in [0.2, 0.25) is 0 Å². The number of cyclic esters (lactones) is 1. The summed E-state index contributed by atoms with van der Waals surface area (Å²) in [5.41, 5.74) is 4.55. The van der Waals surface area contributed by atoms with Crippen LogP contribution in [0.4, 0.5) is 11.4 Å². The lowest BCUT2D eigenvalue weighted by molar-refractivity contribution is 0.0251. The minimum atomic E-state index is -0.987. The Morgan fingerprint density at radius 3 is 1.66 bits per heavy atom. The molecule has 2 aromatic carbocycles. The topological polar surface area (TPSA) is 45.7 Å². The van der Waals surface area contributed by atoms with Gasteiger partial charge in [0.1, 0.15) is 0 Å². The SMILES string of the molecule is CCN(CC)c1ccc(C2(c3ccc(N(CC)CC)cc3)OC(=O)c3cnccc32)cc1. The van der Waals surface area contributed by atoms with E-state index in [1.165, 1.54) is 0 Å². The molecule has 1 aliphatic heterocycles. The number of nitrogens with zero attached hydrogens (tertiary/aromatic N) is 3. The third-order valence-electron chi connectivity index (χ3n) is 6.47. The van der Waals surface area contributed by atoms with Crippen LogP contribution in [0.5, 0.6) is 0 Å². The highest BCUT2D eigenvalue weighted by Crippen LogP contribution is 2.47. The fraction of sp³-hybridized carbons (Fsp3) is 0.333. The van der Waals surface area contributed by atoms with Crippen molar-refractivity contribution in [1.82, 2.24) is 4.98 Å². The van der Waals surface area contributed by atoms with E-state index in [1.54, 1.807) is 12.4 Å². The number of aromatic nitrogens is 1. The van der Waals surface area contributed by atoms with Gasteiger partial charge >= 0.3 is 5.97 Å². The zero-order chi connectivity index (χ0) is 22.7. The highest BCUT2D eigenvalue weighted by Gasteiger charge is 2.48. The van der Waals surface area contributed by atoms with E-state index < -0.39 is 5.60 Å². The average molecular weight is 430 g/mol. The van der Waals surface area contributed by atoms with E-state index in [2.05, 4.69) is 91.0 Å². The van der Waals surface area contributed by atoms with E-state index in [9.17, 15) is 4.79 Å². The zero-order valence-corrected chi connectivity index (χ0v) is 19.3. The molecule has 32 heavy (non-hydrogen) atoms. The molecule has 0 radical (unpaired) electrons. The first-order valence-corrected chi connectivity index (χ1v) is 11.5. The number of esters is 1. The number of rotatable bonds is 8. The van der Waals surface area contributed by atoms with Crippen LogP contribution >= 0.6 is 0 Å². The molecule has 166 valence electrons. The third kappa shape index (κ3) is 3.52. The Hall–Kier alpha value is -3.34. The van der Waals surface area contributed by atoms with Crippen molar-refractivity contribution in [2.45, 2.75) is 33.3 Å². The van der Waals surface area contributed by atoms with Crippen LogP contribution in [0.2, 0.25) is 0 Å². The van der Waals surface area contributed by atoms with E-state index >= 15 is 0 Å². The van der Waals surface area contributed by atoms with E-state index in [0.717, 1.165) is 54.2 Å². The number of hydrogen-bond donors (Lipinski definition) is 0. The van der Waals surface area contributed by atoms with Gasteiger partial charge in [0.15, 0.2) is 5.60 Å². The maximum absolute atomic E-state index is 12.9. The van der Waals surface area contributed by atoms with E-state index in [1.807, 2.05) is 6.07 Å². The average Bonchev–Trinajstić information content (AvgIpc) is 3.15. The Bertz CT molecular complexity index is 1010. The summed E-state index contributed by atoms with van der Waals surface area (Å²) in [5.74, 6) is -0.339. The van der Waals surface area contributed by atoms with Gasteiger partial charge < -0.3 is 14.5 Å². The molecule has 1 aromatic heterocycles. The number of hydrogen-bond acceptors (Lipinski definition) is 5. The van der Waals surface area contributed by atoms with Crippen LogP contribution < -0.4 is 9.80 Å². The van der Waals surface area contributed by atoms with Gasteiger partial charge in [0.05, 0.1) is 5.56 Å². The molecule has 0 unspecified atom stereocenters. The Morgan fingerprint density at radius 1 is 0.750 bits per heavy atom. The van der Waals surface area contributed by atoms with E-state index in [0.29, 0.717) is 5.56 Å². The van der Waals surface area contributed by atoms with Crippen LogP contribution in [0.1, 0.15) is 54.7 Å². The first-order valence-electron chi connectivity index (χ1n) is 11.5. The lowest BCUT2D eigenvalue weighted by Gasteiger charge is -2.31. The molecule has 0 N–H and O–H groups in total. The number of fused-ring (bicyclic) bond motifs is 1. The van der Waals surface area contributed by atoms with Crippen molar-refractivity contribution in [3.8, 4) is 0 Å². The first-order chi connectivity index (χ1) is 15.6. The van der Waals surface area contributed by atoms with Crippen molar-refractivity contribution >= 4 is 17.3 Å². The van der Waals surface area contributed by atoms with E-state index in [-0.39, 0.29) is 5.97 Å². The minimum absolute atomic E-state index is 0.339. The highest BCUT2D eigenvalue weighted by molar-refractivity contribution is 5.96.